The molecular weight excluding hydrogens is 252 g/mol. The molecule has 1 aliphatic rings. The van der Waals surface area contributed by atoms with E-state index in [0.717, 1.165) is 24.4 Å². The standard InChI is InChI=1S/C11H18N4O2S/c1-11(17)3-2-5-15(6-4-11)10-7(9(13)16)8(12)14-18-10/h17H,2-6H2,1H3,(H2,12,14)(H2,13,16). The van der Waals surface area contributed by atoms with Crippen LogP contribution in [0.2, 0.25) is 0 Å². The zero-order valence-corrected chi connectivity index (χ0v) is 11.2. The monoisotopic (exact) mass is 270 g/mol. The van der Waals surface area contributed by atoms with Gasteiger partial charge in [0.05, 0.1) is 5.60 Å². The van der Waals surface area contributed by atoms with E-state index in [2.05, 4.69) is 4.37 Å². The first-order chi connectivity index (χ1) is 8.41. The average molecular weight is 270 g/mol. The highest BCUT2D eigenvalue weighted by Gasteiger charge is 2.28. The van der Waals surface area contributed by atoms with E-state index in [9.17, 15) is 9.90 Å². The number of carbonyl (C=O) groups is 1. The Hall–Kier alpha value is -1.34. The van der Waals surface area contributed by atoms with E-state index in [1.165, 1.54) is 11.5 Å². The molecule has 1 atom stereocenters. The summed E-state index contributed by atoms with van der Waals surface area (Å²) in [6, 6.07) is 0. The number of nitrogens with zero attached hydrogens (tertiary/aromatic N) is 2. The third-order valence-electron chi connectivity index (χ3n) is 3.30. The van der Waals surface area contributed by atoms with Crippen LogP contribution in [0.1, 0.15) is 36.5 Å². The number of hydrogen-bond acceptors (Lipinski definition) is 6. The van der Waals surface area contributed by atoms with Crippen LogP contribution in [0, 0.1) is 0 Å². The molecule has 1 fully saturated rings. The second-order valence-corrected chi connectivity index (χ2v) is 5.70. The van der Waals surface area contributed by atoms with Crippen molar-refractivity contribution in [3.8, 4) is 0 Å². The summed E-state index contributed by atoms with van der Waals surface area (Å²) in [5, 5.41) is 10.8. The molecule has 6 nitrogen and oxygen atoms in total. The minimum absolute atomic E-state index is 0.193. The number of aliphatic hydroxyl groups is 1. The molecule has 7 heteroatoms. The number of aromatic nitrogens is 1. The predicted molar refractivity (Wildman–Crippen MR) is 71.7 cm³/mol. The van der Waals surface area contributed by atoms with Crippen LogP contribution in [0.25, 0.3) is 0 Å². The van der Waals surface area contributed by atoms with Gasteiger partial charge in [-0.1, -0.05) is 0 Å². The molecule has 100 valence electrons. The lowest BCUT2D eigenvalue weighted by atomic mass is 9.98. The van der Waals surface area contributed by atoms with Crippen LogP contribution in [-0.2, 0) is 0 Å². The number of hydrogen-bond donors (Lipinski definition) is 3. The Labute approximate surface area is 110 Å². The molecule has 0 aromatic carbocycles. The molecule has 0 radical (unpaired) electrons. The van der Waals surface area contributed by atoms with Crippen LogP contribution in [0.4, 0.5) is 10.8 Å². The fourth-order valence-electron chi connectivity index (χ4n) is 2.21. The number of carbonyl (C=O) groups excluding carboxylic acids is 1. The number of amides is 1. The highest BCUT2D eigenvalue weighted by molar-refractivity contribution is 7.11. The van der Waals surface area contributed by atoms with Gasteiger partial charge in [0.15, 0.2) is 5.82 Å². The minimum atomic E-state index is -0.641. The number of anilines is 2. The molecule has 2 heterocycles. The highest BCUT2D eigenvalue weighted by atomic mass is 32.1. The Kier molecular flexibility index (Phi) is 3.45. The maximum Gasteiger partial charge on any atom is 0.255 e. The van der Waals surface area contributed by atoms with Crippen molar-refractivity contribution in [1.82, 2.24) is 4.37 Å². The molecule has 5 N–H and O–H groups in total. The third kappa shape index (κ3) is 2.56. The quantitative estimate of drug-likeness (QED) is 0.728. The zero-order chi connectivity index (χ0) is 13.3. The second kappa shape index (κ2) is 4.74. The van der Waals surface area contributed by atoms with Gasteiger partial charge in [0.1, 0.15) is 10.6 Å². The minimum Gasteiger partial charge on any atom is -0.390 e. The smallest absolute Gasteiger partial charge is 0.255 e. The van der Waals surface area contributed by atoms with Crippen molar-refractivity contribution in [2.75, 3.05) is 23.7 Å². The van der Waals surface area contributed by atoms with Gasteiger partial charge >= 0.3 is 0 Å². The molecule has 18 heavy (non-hydrogen) atoms. The molecule has 1 aliphatic heterocycles. The summed E-state index contributed by atoms with van der Waals surface area (Å²) >= 11 is 1.19. The topological polar surface area (TPSA) is 105 Å². The number of nitrogens with two attached hydrogens (primary N) is 2. The van der Waals surface area contributed by atoms with E-state index in [-0.39, 0.29) is 5.82 Å². The molecule has 1 saturated heterocycles. The summed E-state index contributed by atoms with van der Waals surface area (Å²) in [4.78, 5) is 13.4. The van der Waals surface area contributed by atoms with Crippen molar-refractivity contribution < 1.29 is 9.90 Å². The van der Waals surface area contributed by atoms with Gasteiger partial charge < -0.3 is 21.5 Å². The summed E-state index contributed by atoms with van der Waals surface area (Å²) < 4.78 is 3.99. The first-order valence-electron chi connectivity index (χ1n) is 5.93. The Bertz CT molecular complexity index is 458. The molecular formula is C11H18N4O2S. The molecule has 0 bridgehead atoms. The third-order valence-corrected chi connectivity index (χ3v) is 4.22. The van der Waals surface area contributed by atoms with Crippen molar-refractivity contribution in [3.05, 3.63) is 5.56 Å². The van der Waals surface area contributed by atoms with Gasteiger partial charge in [-0.25, -0.2) is 0 Å². The average Bonchev–Trinajstić information content (AvgIpc) is 2.55. The van der Waals surface area contributed by atoms with Crippen LogP contribution in [-0.4, -0.2) is 34.1 Å². The summed E-state index contributed by atoms with van der Waals surface area (Å²) in [7, 11) is 0. The predicted octanol–water partition coefficient (Wildman–Crippen LogP) is 0.566. The molecule has 1 aromatic heterocycles. The van der Waals surface area contributed by atoms with E-state index in [1.807, 2.05) is 11.8 Å². The molecule has 1 unspecified atom stereocenters. The lowest BCUT2D eigenvalue weighted by molar-refractivity contribution is 0.0481. The van der Waals surface area contributed by atoms with Crippen molar-refractivity contribution in [2.24, 2.45) is 5.73 Å². The summed E-state index contributed by atoms with van der Waals surface area (Å²) in [6.45, 7) is 3.29. The fourth-order valence-corrected chi connectivity index (χ4v) is 3.08. The SMILES string of the molecule is CC1(O)CCCN(c2snc(N)c2C(N)=O)CC1. The largest absolute Gasteiger partial charge is 0.390 e. The second-order valence-electron chi connectivity index (χ2n) is 4.95. The van der Waals surface area contributed by atoms with Crippen molar-refractivity contribution >= 4 is 28.3 Å². The molecule has 1 amide bonds. The van der Waals surface area contributed by atoms with E-state index >= 15 is 0 Å². The number of primary amides is 1. The Balaban J connectivity index is 2.24. The first-order valence-corrected chi connectivity index (χ1v) is 6.70. The van der Waals surface area contributed by atoms with Gasteiger partial charge in [0.25, 0.3) is 5.91 Å². The van der Waals surface area contributed by atoms with Gasteiger partial charge in [-0.2, -0.15) is 4.37 Å². The lowest BCUT2D eigenvalue weighted by Gasteiger charge is -2.23. The van der Waals surface area contributed by atoms with Crippen LogP contribution in [0.5, 0.6) is 0 Å². The molecule has 1 aromatic rings. The maximum atomic E-state index is 11.4. The molecule has 2 rings (SSSR count). The van der Waals surface area contributed by atoms with Crippen LogP contribution < -0.4 is 16.4 Å². The van der Waals surface area contributed by atoms with Crippen LogP contribution in [0.3, 0.4) is 0 Å². The molecule has 0 aliphatic carbocycles. The van der Waals surface area contributed by atoms with Gasteiger partial charge in [0, 0.05) is 13.1 Å². The maximum absolute atomic E-state index is 11.4. The lowest BCUT2D eigenvalue weighted by Crippen LogP contribution is -2.29. The van der Waals surface area contributed by atoms with E-state index in [1.54, 1.807) is 0 Å². The molecule has 0 saturated carbocycles. The van der Waals surface area contributed by atoms with Gasteiger partial charge in [-0.3, -0.25) is 4.79 Å². The number of rotatable bonds is 2. The van der Waals surface area contributed by atoms with Crippen LogP contribution in [0.15, 0.2) is 0 Å². The molecule has 0 spiro atoms. The van der Waals surface area contributed by atoms with Gasteiger partial charge in [-0.05, 0) is 37.7 Å². The summed E-state index contributed by atoms with van der Waals surface area (Å²) in [5.41, 5.74) is 10.7. The van der Waals surface area contributed by atoms with Crippen molar-refractivity contribution in [1.29, 1.82) is 0 Å². The van der Waals surface area contributed by atoms with E-state index < -0.39 is 11.5 Å². The van der Waals surface area contributed by atoms with Gasteiger partial charge in [-0.15, -0.1) is 0 Å². The van der Waals surface area contributed by atoms with E-state index in [4.69, 9.17) is 11.5 Å². The first kappa shape index (κ1) is 13.1. The zero-order valence-electron chi connectivity index (χ0n) is 10.3. The van der Waals surface area contributed by atoms with E-state index in [0.29, 0.717) is 18.5 Å². The van der Waals surface area contributed by atoms with Gasteiger partial charge in [0.2, 0.25) is 0 Å². The fraction of sp³-hybridized carbons (Fsp3) is 0.636. The van der Waals surface area contributed by atoms with Crippen molar-refractivity contribution in [2.45, 2.75) is 31.8 Å². The summed E-state index contributed by atoms with van der Waals surface area (Å²) in [5.74, 6) is -0.356. The highest BCUT2D eigenvalue weighted by Crippen LogP contribution is 2.33. The summed E-state index contributed by atoms with van der Waals surface area (Å²) in [6.07, 6.45) is 2.27. The Morgan fingerprint density at radius 2 is 2.22 bits per heavy atom. The number of nitrogen functional groups attached to an aromatic ring is 1. The van der Waals surface area contributed by atoms with Crippen molar-refractivity contribution in [3.63, 3.8) is 0 Å². The van der Waals surface area contributed by atoms with Crippen LogP contribution >= 0.6 is 11.5 Å². The normalized spacial score (nSPS) is 24.9. The Morgan fingerprint density at radius 1 is 1.50 bits per heavy atom. The Morgan fingerprint density at radius 3 is 2.89 bits per heavy atom.